The number of nitro benzene ring substituents is 1. The number of hydrogen-bond donors (Lipinski definition) is 2. The molecule has 1 aromatic carbocycles. The highest BCUT2D eigenvalue weighted by molar-refractivity contribution is 5.93. The van der Waals surface area contributed by atoms with Gasteiger partial charge in [-0.05, 0) is 11.6 Å². The molecule has 124 valence electrons. The molecular weight excluding hydrogens is 330 g/mol. The molecule has 0 radical (unpaired) electrons. The van der Waals surface area contributed by atoms with Crippen molar-refractivity contribution in [3.63, 3.8) is 0 Å². The van der Waals surface area contributed by atoms with Gasteiger partial charge in [-0.3, -0.25) is 14.9 Å². The summed E-state index contributed by atoms with van der Waals surface area (Å²) in [4.78, 5) is 36.2. The topological polar surface area (TPSA) is 176 Å². The number of ether oxygens (including phenoxy) is 1. The predicted molar refractivity (Wildman–Crippen MR) is 84.3 cm³/mol. The summed E-state index contributed by atoms with van der Waals surface area (Å²) in [6, 6.07) is 6.56. The van der Waals surface area contributed by atoms with E-state index in [-0.39, 0.29) is 28.1 Å². The lowest BCUT2D eigenvalue weighted by Crippen LogP contribution is -2.16. The number of aromatic amines is 1. The molecule has 25 heavy (non-hydrogen) atoms. The van der Waals surface area contributed by atoms with E-state index in [1.165, 1.54) is 6.07 Å². The molecule has 0 saturated heterocycles. The third-order valence-corrected chi connectivity index (χ3v) is 3.31. The van der Waals surface area contributed by atoms with Gasteiger partial charge < -0.3 is 15.5 Å². The van der Waals surface area contributed by atoms with Gasteiger partial charge in [0, 0.05) is 17.7 Å². The van der Waals surface area contributed by atoms with E-state index in [9.17, 15) is 30.2 Å². The maximum absolute atomic E-state index is 11.9. The fourth-order valence-electron chi connectivity index (χ4n) is 2.23. The summed E-state index contributed by atoms with van der Waals surface area (Å²) in [5.41, 5.74) is 3.13. The first-order valence-electron chi connectivity index (χ1n) is 6.58. The van der Waals surface area contributed by atoms with Crippen LogP contribution in [0.25, 0.3) is 11.1 Å². The Morgan fingerprint density at radius 3 is 2.44 bits per heavy atom. The number of anilines is 1. The number of nitrogens with zero attached hydrogens (tertiary/aromatic N) is 3. The molecule has 0 amide bonds. The quantitative estimate of drug-likeness (QED) is 0.473. The van der Waals surface area contributed by atoms with E-state index >= 15 is 0 Å². The number of carbonyl (C=O) groups excluding carboxylic acids is 1. The first-order chi connectivity index (χ1) is 11.8. The van der Waals surface area contributed by atoms with E-state index in [0.29, 0.717) is 0 Å². The molecular formula is C15H9N5O5. The molecule has 0 atom stereocenters. The Morgan fingerprint density at radius 2 is 1.92 bits per heavy atom. The second kappa shape index (κ2) is 6.52. The summed E-state index contributed by atoms with van der Waals surface area (Å²) in [6.45, 7) is 0. The number of H-pyrrole nitrogens is 1. The number of rotatable bonds is 3. The molecule has 2 aromatic rings. The number of nitro groups is 1. The maximum atomic E-state index is 11.9. The Bertz CT molecular complexity index is 1040. The lowest BCUT2D eigenvalue weighted by molar-refractivity contribution is -0.384. The lowest BCUT2D eigenvalue weighted by atomic mass is 9.95. The fraction of sp³-hybridized carbons (Fsp3) is 0.0667. The Balaban J connectivity index is 2.97. The summed E-state index contributed by atoms with van der Waals surface area (Å²) in [5, 5.41) is 29.6. The number of pyridine rings is 1. The second-order valence-corrected chi connectivity index (χ2v) is 4.73. The number of nitrogens with one attached hydrogen (secondary N) is 1. The Kier molecular flexibility index (Phi) is 4.48. The molecule has 0 aliphatic rings. The second-order valence-electron chi connectivity index (χ2n) is 4.73. The van der Waals surface area contributed by atoms with Crippen molar-refractivity contribution in [2.45, 2.75) is 0 Å². The minimum atomic E-state index is -0.861. The number of hydrogen-bond acceptors (Lipinski definition) is 8. The van der Waals surface area contributed by atoms with Gasteiger partial charge in [-0.25, -0.2) is 4.79 Å². The number of nitrogens with two attached hydrogens (primary N) is 1. The van der Waals surface area contributed by atoms with Crippen molar-refractivity contribution in [3.05, 3.63) is 55.4 Å². The van der Waals surface area contributed by atoms with Crippen molar-refractivity contribution < 1.29 is 14.5 Å². The van der Waals surface area contributed by atoms with Crippen LogP contribution in [-0.2, 0) is 4.74 Å². The number of aromatic nitrogens is 1. The Labute approximate surface area is 139 Å². The summed E-state index contributed by atoms with van der Waals surface area (Å²) in [5.74, 6) is -1.16. The number of methoxy groups -OCH3 is 1. The number of nitrogen functional groups attached to an aromatic ring is 1. The Hall–Kier alpha value is -4.18. The predicted octanol–water partition coefficient (Wildman–Crippen LogP) is 1.06. The van der Waals surface area contributed by atoms with Crippen LogP contribution in [-0.4, -0.2) is 23.0 Å². The van der Waals surface area contributed by atoms with Gasteiger partial charge in [0.1, 0.15) is 29.1 Å². The van der Waals surface area contributed by atoms with Crippen molar-refractivity contribution in [1.82, 2.24) is 4.98 Å². The van der Waals surface area contributed by atoms with Crippen LogP contribution in [0.5, 0.6) is 0 Å². The fourth-order valence-corrected chi connectivity index (χ4v) is 2.23. The number of esters is 1. The summed E-state index contributed by atoms with van der Waals surface area (Å²) >= 11 is 0. The van der Waals surface area contributed by atoms with Crippen molar-refractivity contribution >= 4 is 17.5 Å². The third-order valence-electron chi connectivity index (χ3n) is 3.31. The van der Waals surface area contributed by atoms with Gasteiger partial charge in [-0.15, -0.1) is 0 Å². The van der Waals surface area contributed by atoms with E-state index in [1.54, 1.807) is 12.1 Å². The molecule has 1 aromatic heterocycles. The van der Waals surface area contributed by atoms with Gasteiger partial charge in [-0.1, -0.05) is 0 Å². The van der Waals surface area contributed by atoms with Crippen LogP contribution in [0.15, 0.2) is 23.0 Å². The van der Waals surface area contributed by atoms with E-state index in [4.69, 9.17) is 5.73 Å². The smallest absolute Gasteiger partial charge is 0.338 e. The molecule has 0 aliphatic heterocycles. The summed E-state index contributed by atoms with van der Waals surface area (Å²) in [7, 11) is 1.09. The van der Waals surface area contributed by atoms with Crippen LogP contribution in [0.4, 0.5) is 11.5 Å². The van der Waals surface area contributed by atoms with E-state index in [2.05, 4.69) is 9.72 Å². The van der Waals surface area contributed by atoms with Crippen LogP contribution >= 0.6 is 0 Å². The molecule has 0 aliphatic carbocycles. The first-order valence-corrected chi connectivity index (χ1v) is 6.58. The molecule has 0 bridgehead atoms. The van der Waals surface area contributed by atoms with Crippen molar-refractivity contribution in [2.24, 2.45) is 0 Å². The highest BCUT2D eigenvalue weighted by atomic mass is 16.6. The van der Waals surface area contributed by atoms with Crippen LogP contribution in [0.1, 0.15) is 21.5 Å². The van der Waals surface area contributed by atoms with Crippen molar-refractivity contribution in [1.29, 1.82) is 10.5 Å². The minimum Gasteiger partial charge on any atom is -0.465 e. The highest BCUT2D eigenvalue weighted by Gasteiger charge is 2.22. The molecule has 0 spiro atoms. The number of carbonyl (C=O) groups is 1. The lowest BCUT2D eigenvalue weighted by Gasteiger charge is -2.10. The van der Waals surface area contributed by atoms with Crippen LogP contribution in [0, 0.1) is 32.8 Å². The van der Waals surface area contributed by atoms with Crippen molar-refractivity contribution in [3.8, 4) is 23.3 Å². The minimum absolute atomic E-state index is 0.0551. The molecule has 2 rings (SSSR count). The average molecular weight is 339 g/mol. The number of benzene rings is 1. The molecule has 0 saturated carbocycles. The Morgan fingerprint density at radius 1 is 1.28 bits per heavy atom. The summed E-state index contributed by atoms with van der Waals surface area (Å²) in [6.07, 6.45) is 0. The highest BCUT2D eigenvalue weighted by Crippen LogP contribution is 2.31. The normalized spacial score (nSPS) is 9.72. The number of non-ortho nitro benzene ring substituents is 1. The monoisotopic (exact) mass is 339 g/mol. The molecule has 0 fully saturated rings. The third kappa shape index (κ3) is 3.00. The zero-order valence-electron chi connectivity index (χ0n) is 12.7. The van der Waals surface area contributed by atoms with Gasteiger partial charge in [0.25, 0.3) is 11.2 Å². The zero-order valence-corrected chi connectivity index (χ0v) is 12.7. The molecule has 3 N–H and O–H groups in total. The van der Waals surface area contributed by atoms with E-state index in [1.807, 2.05) is 0 Å². The van der Waals surface area contributed by atoms with E-state index in [0.717, 1.165) is 19.2 Å². The largest absolute Gasteiger partial charge is 0.465 e. The van der Waals surface area contributed by atoms with Gasteiger partial charge >= 0.3 is 5.97 Å². The SMILES string of the molecule is COC(=O)c1cc(-c2c(C#N)c(N)[nH]c(=O)c2C#N)cc([N+](=O)[O-])c1. The average Bonchev–Trinajstić information content (AvgIpc) is 2.59. The molecule has 10 nitrogen and oxygen atoms in total. The van der Waals surface area contributed by atoms with E-state index < -0.39 is 27.7 Å². The van der Waals surface area contributed by atoms with Gasteiger partial charge in [-0.2, -0.15) is 10.5 Å². The standard InChI is InChI=1S/C15H9N5O5/c1-25-15(22)8-2-7(3-9(4-8)20(23)24)12-10(5-16)13(18)19-14(21)11(12)6-17/h2-4H,1H3,(H3,18,19,21). The molecule has 1 heterocycles. The van der Waals surface area contributed by atoms with Crippen LogP contribution in [0.2, 0.25) is 0 Å². The van der Waals surface area contributed by atoms with Crippen molar-refractivity contribution in [2.75, 3.05) is 12.8 Å². The molecule has 0 unspecified atom stereocenters. The number of nitriles is 2. The first kappa shape index (κ1) is 17.2. The van der Waals surface area contributed by atoms with Gasteiger partial charge in [0.2, 0.25) is 0 Å². The van der Waals surface area contributed by atoms with Crippen LogP contribution in [0.3, 0.4) is 0 Å². The maximum Gasteiger partial charge on any atom is 0.338 e. The zero-order chi connectivity index (χ0) is 18.7. The van der Waals surface area contributed by atoms with Gasteiger partial charge in [0.05, 0.1) is 17.6 Å². The van der Waals surface area contributed by atoms with Gasteiger partial charge in [0.15, 0.2) is 0 Å². The van der Waals surface area contributed by atoms with Crippen LogP contribution < -0.4 is 11.3 Å². The molecule has 10 heteroatoms. The summed E-state index contributed by atoms with van der Waals surface area (Å²) < 4.78 is 4.54.